The third kappa shape index (κ3) is 3.96. The van der Waals surface area contributed by atoms with Gasteiger partial charge in [-0.15, -0.1) is 0 Å². The highest BCUT2D eigenvalue weighted by Crippen LogP contribution is 2.27. The number of rotatable bonds is 6. The largest absolute Gasteiger partial charge is 0.369 e. The Labute approximate surface area is 189 Å². The van der Waals surface area contributed by atoms with Gasteiger partial charge >= 0.3 is 0 Å². The molecule has 0 fully saturated rings. The van der Waals surface area contributed by atoms with Crippen LogP contribution in [-0.4, -0.2) is 49.0 Å². The van der Waals surface area contributed by atoms with Crippen LogP contribution in [0.3, 0.4) is 0 Å². The average Bonchev–Trinajstić information content (AvgIpc) is 3.34. The number of nitrogens with one attached hydrogen (secondary N) is 2. The Morgan fingerprint density at radius 3 is 2.88 bits per heavy atom. The molecule has 0 spiro atoms. The van der Waals surface area contributed by atoms with Gasteiger partial charge in [-0.25, -0.2) is 19.5 Å². The smallest absolute Gasteiger partial charge is 0.251 e. The van der Waals surface area contributed by atoms with Crippen LogP contribution in [0.15, 0.2) is 67.5 Å². The highest BCUT2D eigenvalue weighted by Gasteiger charge is 2.15. The van der Waals surface area contributed by atoms with Crippen LogP contribution in [-0.2, 0) is 0 Å². The summed E-state index contributed by atoms with van der Waals surface area (Å²) in [5.74, 6) is 0.718. The molecule has 0 saturated heterocycles. The van der Waals surface area contributed by atoms with E-state index in [1.807, 2.05) is 36.5 Å². The molecule has 0 unspecified atom stereocenters. The van der Waals surface area contributed by atoms with Crippen LogP contribution < -0.4 is 10.6 Å². The molecule has 0 aliphatic heterocycles. The Bertz CT molecular complexity index is 1460. The quantitative estimate of drug-likeness (QED) is 0.418. The minimum Gasteiger partial charge on any atom is -0.369 e. The van der Waals surface area contributed by atoms with Gasteiger partial charge in [0, 0.05) is 61.2 Å². The monoisotopic (exact) mass is 438 g/mol. The van der Waals surface area contributed by atoms with E-state index in [1.165, 1.54) is 6.33 Å². The number of nitrogens with zero attached hydrogens (tertiary/aromatic N) is 6. The minimum atomic E-state index is -0.123. The van der Waals surface area contributed by atoms with Crippen LogP contribution in [0.5, 0.6) is 0 Å². The van der Waals surface area contributed by atoms with Crippen LogP contribution in [0.4, 0.5) is 5.82 Å². The molecule has 9 heteroatoms. The molecule has 9 nitrogen and oxygen atoms in total. The Hall–Kier alpha value is -4.40. The molecule has 1 atom stereocenters. The van der Waals surface area contributed by atoms with Crippen molar-refractivity contribution in [3.8, 4) is 11.3 Å². The van der Waals surface area contributed by atoms with Gasteiger partial charge in [0.05, 0.1) is 23.0 Å². The average molecular weight is 438 g/mol. The third-order valence-electron chi connectivity index (χ3n) is 5.60. The zero-order valence-corrected chi connectivity index (χ0v) is 18.2. The van der Waals surface area contributed by atoms with Gasteiger partial charge in [0.25, 0.3) is 5.91 Å². The molecule has 0 aliphatic carbocycles. The van der Waals surface area contributed by atoms with Crippen LogP contribution >= 0.6 is 0 Å². The summed E-state index contributed by atoms with van der Waals surface area (Å²) < 4.78 is 1.72. The fraction of sp³-hybridized carbons (Fsp3) is 0.167. The molecular formula is C24H22N8O. The molecular weight excluding hydrogens is 416 g/mol. The highest BCUT2D eigenvalue weighted by atomic mass is 16.1. The van der Waals surface area contributed by atoms with Crippen molar-refractivity contribution in [2.75, 3.05) is 18.9 Å². The lowest BCUT2D eigenvalue weighted by atomic mass is 9.96. The summed E-state index contributed by atoms with van der Waals surface area (Å²) in [4.78, 5) is 30.0. The molecule has 2 N–H and O–H groups in total. The summed E-state index contributed by atoms with van der Waals surface area (Å²) in [5.41, 5.74) is 4.90. The maximum absolute atomic E-state index is 12.2. The first-order valence-corrected chi connectivity index (χ1v) is 10.6. The van der Waals surface area contributed by atoms with Gasteiger partial charge in [0.1, 0.15) is 12.1 Å². The second-order valence-corrected chi connectivity index (χ2v) is 7.73. The van der Waals surface area contributed by atoms with E-state index in [-0.39, 0.29) is 11.8 Å². The summed E-state index contributed by atoms with van der Waals surface area (Å²) in [6, 6.07) is 11.4. The summed E-state index contributed by atoms with van der Waals surface area (Å²) in [5, 5.41) is 11.2. The summed E-state index contributed by atoms with van der Waals surface area (Å²) >= 11 is 0. The van der Waals surface area contributed by atoms with Crippen molar-refractivity contribution in [2.24, 2.45) is 0 Å². The lowest BCUT2D eigenvalue weighted by Gasteiger charge is -2.16. The van der Waals surface area contributed by atoms with Crippen molar-refractivity contribution in [1.29, 1.82) is 0 Å². The minimum absolute atomic E-state index is 0.123. The second kappa shape index (κ2) is 8.62. The number of carbonyl (C=O) groups is 1. The van der Waals surface area contributed by atoms with Crippen LogP contribution in [0.2, 0.25) is 0 Å². The SMILES string of the molecule is CNC(=O)c1ccnc2c([C@@H](C)CNc3cc(-c4cnc5ccnn5c4)ncn3)cccc12. The lowest BCUT2D eigenvalue weighted by Crippen LogP contribution is -2.18. The van der Waals surface area contributed by atoms with Gasteiger partial charge < -0.3 is 10.6 Å². The first kappa shape index (κ1) is 20.5. The summed E-state index contributed by atoms with van der Waals surface area (Å²) in [6.07, 6.45) is 8.59. The molecule has 4 heterocycles. The van der Waals surface area contributed by atoms with Gasteiger partial charge in [-0.1, -0.05) is 25.1 Å². The summed E-state index contributed by atoms with van der Waals surface area (Å²) in [6.45, 7) is 2.76. The molecule has 4 aromatic heterocycles. The number of hydrogen-bond acceptors (Lipinski definition) is 7. The fourth-order valence-electron chi connectivity index (χ4n) is 3.85. The standard InChI is InChI=1S/C24H22N8O/c1-15(17-4-3-5-18-19(24(33)25-2)6-8-26-23(17)18)11-27-21-10-20(29-14-30-21)16-12-28-22-7-9-31-32(22)13-16/h3-10,12-15H,11H2,1-2H3,(H,25,33)(H,27,29,30)/t15-/m0/s1. The Morgan fingerprint density at radius 1 is 1.09 bits per heavy atom. The predicted molar refractivity (Wildman–Crippen MR) is 126 cm³/mol. The first-order valence-electron chi connectivity index (χ1n) is 10.6. The van der Waals surface area contributed by atoms with Crippen molar-refractivity contribution < 1.29 is 4.79 Å². The van der Waals surface area contributed by atoms with E-state index >= 15 is 0 Å². The molecule has 0 radical (unpaired) electrons. The van der Waals surface area contributed by atoms with Gasteiger partial charge in [-0.2, -0.15) is 5.10 Å². The van der Waals surface area contributed by atoms with E-state index < -0.39 is 0 Å². The van der Waals surface area contributed by atoms with Crippen molar-refractivity contribution in [2.45, 2.75) is 12.8 Å². The number of para-hydroxylation sites is 1. The van der Waals surface area contributed by atoms with Crippen molar-refractivity contribution >= 4 is 28.3 Å². The number of pyridine rings is 1. The van der Waals surface area contributed by atoms with Crippen LogP contribution in [0.25, 0.3) is 27.8 Å². The van der Waals surface area contributed by atoms with E-state index in [0.717, 1.165) is 33.4 Å². The zero-order chi connectivity index (χ0) is 22.8. The molecule has 1 amide bonds. The molecule has 0 bridgehead atoms. The molecule has 5 rings (SSSR count). The molecule has 33 heavy (non-hydrogen) atoms. The molecule has 1 aromatic carbocycles. The van der Waals surface area contributed by atoms with Crippen LogP contribution in [0.1, 0.15) is 28.8 Å². The number of hydrogen-bond donors (Lipinski definition) is 2. The maximum atomic E-state index is 12.2. The van der Waals surface area contributed by atoms with E-state index in [1.54, 1.807) is 36.2 Å². The number of fused-ring (bicyclic) bond motifs is 2. The van der Waals surface area contributed by atoms with Gasteiger partial charge in [0.2, 0.25) is 0 Å². The van der Waals surface area contributed by atoms with Crippen molar-refractivity contribution in [1.82, 2.24) is 34.9 Å². The van der Waals surface area contributed by atoms with Gasteiger partial charge in [0.15, 0.2) is 5.65 Å². The zero-order valence-electron chi connectivity index (χ0n) is 18.2. The van der Waals surface area contributed by atoms with E-state index in [4.69, 9.17) is 0 Å². The van der Waals surface area contributed by atoms with Crippen LogP contribution in [0, 0.1) is 0 Å². The fourth-order valence-corrected chi connectivity index (χ4v) is 3.85. The molecule has 164 valence electrons. The van der Waals surface area contributed by atoms with Gasteiger partial charge in [-0.05, 0) is 11.6 Å². The number of aromatic nitrogens is 6. The molecule has 0 aliphatic rings. The molecule has 5 aromatic rings. The second-order valence-electron chi connectivity index (χ2n) is 7.73. The maximum Gasteiger partial charge on any atom is 0.251 e. The third-order valence-corrected chi connectivity index (χ3v) is 5.60. The molecule has 0 saturated carbocycles. The number of carbonyl (C=O) groups excluding carboxylic acids is 1. The number of benzene rings is 1. The Morgan fingerprint density at radius 2 is 2.00 bits per heavy atom. The topological polar surface area (TPSA) is 110 Å². The Kier molecular flexibility index (Phi) is 5.35. The predicted octanol–water partition coefficient (Wildman–Crippen LogP) is 3.31. The number of amides is 1. The summed E-state index contributed by atoms with van der Waals surface area (Å²) in [7, 11) is 1.63. The van der Waals surface area contributed by atoms with Gasteiger partial charge in [-0.3, -0.25) is 9.78 Å². The lowest BCUT2D eigenvalue weighted by molar-refractivity contribution is 0.0964. The van der Waals surface area contributed by atoms with E-state index in [2.05, 4.69) is 42.6 Å². The van der Waals surface area contributed by atoms with Crippen molar-refractivity contribution in [3.63, 3.8) is 0 Å². The Balaban J connectivity index is 1.37. The number of anilines is 1. The van der Waals surface area contributed by atoms with E-state index in [9.17, 15) is 4.79 Å². The highest BCUT2D eigenvalue weighted by molar-refractivity contribution is 6.06. The normalized spacial score (nSPS) is 12.1. The van der Waals surface area contributed by atoms with E-state index in [0.29, 0.717) is 17.9 Å². The first-order chi connectivity index (χ1) is 16.1. The van der Waals surface area contributed by atoms with Crippen molar-refractivity contribution in [3.05, 3.63) is 78.6 Å².